The topological polar surface area (TPSA) is 43.4 Å². The molecule has 0 fully saturated rings. The minimum absolute atomic E-state index is 0.253. The predicted molar refractivity (Wildman–Crippen MR) is 36.5 cm³/mol. The van der Waals surface area contributed by atoms with Gasteiger partial charge in [-0.05, 0) is 0 Å². The summed E-state index contributed by atoms with van der Waals surface area (Å²) in [5.74, 6) is -0.309. The Morgan fingerprint density at radius 1 is 1.50 bits per heavy atom. The molecule has 0 saturated heterocycles. The Kier molecular flexibility index (Phi) is 5.33. The Balaban J connectivity index is 3.18. The molecular weight excluding hydrogens is 132 g/mol. The minimum atomic E-state index is -0.309. The molecule has 0 aliphatic rings. The van der Waals surface area contributed by atoms with Crippen LogP contribution in [-0.4, -0.2) is 18.9 Å². The van der Waals surface area contributed by atoms with Crippen LogP contribution in [0.1, 0.15) is 13.3 Å². The molecule has 0 saturated carbocycles. The highest BCUT2D eigenvalue weighted by Crippen LogP contribution is 1.80. The van der Waals surface area contributed by atoms with Crippen molar-refractivity contribution in [3.63, 3.8) is 0 Å². The van der Waals surface area contributed by atoms with Gasteiger partial charge in [0.1, 0.15) is 12.9 Å². The van der Waals surface area contributed by atoms with Gasteiger partial charge in [0.15, 0.2) is 0 Å². The normalized spacial score (nSPS) is 9.70. The van der Waals surface area contributed by atoms with Crippen LogP contribution in [0.4, 0.5) is 0 Å². The van der Waals surface area contributed by atoms with E-state index in [0.717, 1.165) is 6.29 Å². The molecule has 0 N–H and O–H groups in total. The van der Waals surface area contributed by atoms with Crippen molar-refractivity contribution < 1.29 is 14.3 Å². The maximum atomic E-state index is 10.2. The molecule has 3 heteroatoms. The first kappa shape index (κ1) is 8.88. The quantitative estimate of drug-likeness (QED) is 0.329. The fourth-order valence-corrected chi connectivity index (χ4v) is 0.385. The molecule has 10 heavy (non-hydrogen) atoms. The second kappa shape index (κ2) is 6.01. The number of carbonyl (C=O) groups is 2. The molecule has 0 atom stereocenters. The molecule has 0 radical (unpaired) electrons. The number of carbonyl (C=O) groups excluding carboxylic acids is 2. The van der Waals surface area contributed by atoms with Gasteiger partial charge in [0, 0.05) is 13.3 Å². The van der Waals surface area contributed by atoms with Gasteiger partial charge < -0.3 is 9.53 Å². The van der Waals surface area contributed by atoms with Gasteiger partial charge in [-0.15, -0.1) is 0 Å². The molecule has 0 aromatic rings. The number of allylic oxidation sites excluding steroid dienone is 1. The van der Waals surface area contributed by atoms with Gasteiger partial charge in [-0.25, -0.2) is 0 Å². The van der Waals surface area contributed by atoms with Crippen molar-refractivity contribution in [1.29, 1.82) is 0 Å². The van der Waals surface area contributed by atoms with Gasteiger partial charge >= 0.3 is 5.97 Å². The summed E-state index contributed by atoms with van der Waals surface area (Å²) in [5, 5.41) is 0. The van der Waals surface area contributed by atoms with Crippen molar-refractivity contribution in [2.75, 3.05) is 6.61 Å². The molecule has 0 amide bonds. The highest BCUT2D eigenvalue weighted by Gasteiger charge is 1.85. The lowest BCUT2D eigenvalue weighted by Gasteiger charge is -1.92. The zero-order valence-electron chi connectivity index (χ0n) is 5.87. The fraction of sp³-hybridized carbons (Fsp3) is 0.429. The summed E-state index contributed by atoms with van der Waals surface area (Å²) in [5.41, 5.74) is 0. The smallest absolute Gasteiger partial charge is 0.302 e. The molecule has 0 aromatic carbocycles. The maximum absolute atomic E-state index is 10.2. The largest absolute Gasteiger partial charge is 0.462 e. The second-order valence-corrected chi connectivity index (χ2v) is 1.68. The van der Waals surface area contributed by atoms with Crippen molar-refractivity contribution >= 4 is 12.3 Å². The van der Waals surface area contributed by atoms with E-state index in [9.17, 15) is 9.59 Å². The molecule has 0 bridgehead atoms. The van der Waals surface area contributed by atoms with Gasteiger partial charge in [-0.2, -0.15) is 0 Å². The van der Waals surface area contributed by atoms with E-state index in [1.807, 2.05) is 0 Å². The van der Waals surface area contributed by atoms with Crippen molar-refractivity contribution in [3.05, 3.63) is 12.2 Å². The van der Waals surface area contributed by atoms with Crippen molar-refractivity contribution in [2.24, 2.45) is 0 Å². The Hall–Kier alpha value is -1.12. The van der Waals surface area contributed by atoms with E-state index in [4.69, 9.17) is 0 Å². The van der Waals surface area contributed by atoms with E-state index in [-0.39, 0.29) is 12.6 Å². The van der Waals surface area contributed by atoms with Gasteiger partial charge in [0.2, 0.25) is 0 Å². The fourth-order valence-electron chi connectivity index (χ4n) is 0.385. The summed E-state index contributed by atoms with van der Waals surface area (Å²) < 4.78 is 4.55. The molecule has 0 aromatic heterocycles. The van der Waals surface area contributed by atoms with E-state index in [2.05, 4.69) is 4.74 Å². The third-order valence-electron chi connectivity index (χ3n) is 0.782. The van der Waals surface area contributed by atoms with Crippen molar-refractivity contribution in [2.45, 2.75) is 13.3 Å². The van der Waals surface area contributed by atoms with Crippen LogP contribution < -0.4 is 0 Å². The van der Waals surface area contributed by atoms with E-state index >= 15 is 0 Å². The van der Waals surface area contributed by atoms with E-state index in [1.54, 1.807) is 12.2 Å². The molecule has 0 rings (SSSR count). The summed E-state index contributed by atoms with van der Waals surface area (Å²) in [6.07, 6.45) is 4.44. The molecule has 0 unspecified atom stereocenters. The van der Waals surface area contributed by atoms with Crippen LogP contribution in [0.3, 0.4) is 0 Å². The summed E-state index contributed by atoms with van der Waals surface area (Å²) >= 11 is 0. The third kappa shape index (κ3) is 6.88. The Labute approximate surface area is 59.7 Å². The lowest BCUT2D eigenvalue weighted by Crippen LogP contribution is -1.97. The first-order chi connectivity index (χ1) is 4.77. The zero-order chi connectivity index (χ0) is 7.82. The lowest BCUT2D eigenvalue weighted by molar-refractivity contribution is -0.139. The molecule has 0 heterocycles. The lowest BCUT2D eigenvalue weighted by atomic mass is 10.4. The van der Waals surface area contributed by atoms with Crippen LogP contribution in [0.15, 0.2) is 12.2 Å². The first-order valence-electron chi connectivity index (χ1n) is 2.99. The Morgan fingerprint density at radius 2 is 2.20 bits per heavy atom. The minimum Gasteiger partial charge on any atom is -0.462 e. The van der Waals surface area contributed by atoms with Gasteiger partial charge in [0.05, 0.1) is 0 Å². The van der Waals surface area contributed by atoms with Crippen LogP contribution in [0.5, 0.6) is 0 Å². The van der Waals surface area contributed by atoms with Gasteiger partial charge in [-0.1, -0.05) is 12.2 Å². The highest BCUT2D eigenvalue weighted by atomic mass is 16.5. The third-order valence-corrected chi connectivity index (χ3v) is 0.782. The average molecular weight is 142 g/mol. The summed E-state index contributed by atoms with van der Waals surface area (Å²) in [4.78, 5) is 19.9. The van der Waals surface area contributed by atoms with Crippen LogP contribution in [0, 0.1) is 0 Å². The number of hydrogen-bond donors (Lipinski definition) is 0. The van der Waals surface area contributed by atoms with Gasteiger partial charge in [0.25, 0.3) is 0 Å². The standard InChI is InChI=1S/C7H10O3/c1-7(9)10-6-4-2-3-5-8/h2,4-5H,3,6H2,1H3/b4-2+. The highest BCUT2D eigenvalue weighted by molar-refractivity contribution is 5.66. The summed E-state index contributed by atoms with van der Waals surface area (Å²) in [6.45, 7) is 1.59. The second-order valence-electron chi connectivity index (χ2n) is 1.68. The zero-order valence-corrected chi connectivity index (χ0v) is 5.87. The first-order valence-corrected chi connectivity index (χ1v) is 2.99. The van der Waals surface area contributed by atoms with Crippen LogP contribution >= 0.6 is 0 Å². The summed E-state index contributed by atoms with van der Waals surface area (Å²) in [7, 11) is 0. The molecular formula is C7H10O3. The Bertz CT molecular complexity index is 138. The van der Waals surface area contributed by atoms with Crippen LogP contribution in [0.25, 0.3) is 0 Å². The van der Waals surface area contributed by atoms with Crippen LogP contribution in [0.2, 0.25) is 0 Å². The van der Waals surface area contributed by atoms with Gasteiger partial charge in [-0.3, -0.25) is 4.79 Å². The molecule has 3 nitrogen and oxygen atoms in total. The molecule has 0 aliphatic heterocycles. The monoisotopic (exact) mass is 142 g/mol. The van der Waals surface area contributed by atoms with E-state index < -0.39 is 0 Å². The SMILES string of the molecule is CC(=O)OC/C=C/CC=O. The van der Waals surface area contributed by atoms with Crippen molar-refractivity contribution in [3.8, 4) is 0 Å². The summed E-state index contributed by atoms with van der Waals surface area (Å²) in [6, 6.07) is 0. The van der Waals surface area contributed by atoms with E-state index in [1.165, 1.54) is 6.92 Å². The number of rotatable bonds is 4. The number of aldehydes is 1. The Morgan fingerprint density at radius 3 is 2.70 bits per heavy atom. The number of esters is 1. The van der Waals surface area contributed by atoms with E-state index in [0.29, 0.717) is 6.42 Å². The van der Waals surface area contributed by atoms with Crippen LogP contribution in [-0.2, 0) is 14.3 Å². The average Bonchev–Trinajstić information content (AvgIpc) is 1.87. The number of ether oxygens (including phenoxy) is 1. The molecule has 0 aliphatic carbocycles. The predicted octanol–water partition coefficient (Wildman–Crippen LogP) is 0.695. The van der Waals surface area contributed by atoms with Crippen molar-refractivity contribution in [1.82, 2.24) is 0 Å². The maximum Gasteiger partial charge on any atom is 0.302 e. The molecule has 0 spiro atoms. The number of hydrogen-bond acceptors (Lipinski definition) is 3. The molecule has 56 valence electrons.